The molecule has 0 spiro atoms. The molecule has 0 bridgehead atoms. The average Bonchev–Trinajstić information content (AvgIpc) is 3.10. The molecule has 7 nitrogen and oxygen atoms in total. The number of carboxylic acid groups (broad SMARTS) is 1. The van der Waals surface area contributed by atoms with Crippen molar-refractivity contribution in [2.24, 2.45) is 0 Å². The standard InChI is InChI=1S/C23H27N3O2.C7H6O2/c1-5-6-13-28-23(27)24-18-10-8-11-19-20-12-7-9-17(15-26(4)16(2)3)22(20)25-21(19)14-18;8-7(9)6-4-2-1-3-5-6/h5,7-12,14,16H,1,6,13,15H2,2-4H3,(H,24,27);1-5H,(H,8,9). The number of aromatic carboxylic acids is 1. The zero-order valence-corrected chi connectivity index (χ0v) is 21.5. The third-order valence-corrected chi connectivity index (χ3v) is 5.87. The van der Waals surface area contributed by atoms with Crippen LogP contribution in [0.5, 0.6) is 0 Å². The summed E-state index contributed by atoms with van der Waals surface area (Å²) in [5.41, 5.74) is 5.11. The first-order chi connectivity index (χ1) is 17.8. The summed E-state index contributed by atoms with van der Waals surface area (Å²) >= 11 is 0. The highest BCUT2D eigenvalue weighted by Gasteiger charge is 2.16. The number of aromatic nitrogens is 1. The summed E-state index contributed by atoms with van der Waals surface area (Å²) in [6.07, 6.45) is 1.87. The number of fused-ring (bicyclic) bond motifs is 3. The van der Waals surface area contributed by atoms with Crippen LogP contribution in [-0.2, 0) is 11.3 Å². The predicted molar refractivity (Wildman–Crippen MR) is 148 cm³/mol. The predicted octanol–water partition coefficient (Wildman–Crippen LogP) is 6.69. The maximum Gasteiger partial charge on any atom is 0.411 e. The molecule has 0 radical (unpaired) electrons. The lowest BCUT2D eigenvalue weighted by Crippen LogP contribution is -2.25. The highest BCUT2D eigenvalue weighted by Crippen LogP contribution is 2.33. The first kappa shape index (κ1) is 27.4. The maximum absolute atomic E-state index is 11.9. The number of carbonyl (C=O) groups excluding carboxylic acids is 1. The van der Waals surface area contributed by atoms with E-state index < -0.39 is 12.1 Å². The van der Waals surface area contributed by atoms with Crippen molar-refractivity contribution in [3.8, 4) is 11.3 Å². The summed E-state index contributed by atoms with van der Waals surface area (Å²) in [7, 11) is 2.12. The number of carboxylic acids is 1. The minimum Gasteiger partial charge on any atom is -0.478 e. The van der Waals surface area contributed by atoms with E-state index in [1.165, 1.54) is 5.56 Å². The molecule has 1 aliphatic heterocycles. The molecular formula is C30H33N3O4. The van der Waals surface area contributed by atoms with Crippen LogP contribution >= 0.6 is 0 Å². The van der Waals surface area contributed by atoms with Gasteiger partial charge in [-0.1, -0.05) is 54.6 Å². The molecule has 7 heteroatoms. The molecule has 0 saturated carbocycles. The number of ether oxygens (including phenoxy) is 1. The Kier molecular flexibility index (Phi) is 9.75. The molecule has 1 aliphatic carbocycles. The van der Waals surface area contributed by atoms with E-state index in [1.807, 2.05) is 24.3 Å². The Hall–Kier alpha value is -4.23. The Bertz CT molecular complexity index is 1320. The molecule has 0 saturated heterocycles. The van der Waals surface area contributed by atoms with Gasteiger partial charge < -0.3 is 9.84 Å². The summed E-state index contributed by atoms with van der Waals surface area (Å²) < 4.78 is 5.13. The van der Waals surface area contributed by atoms with Crippen molar-refractivity contribution in [1.29, 1.82) is 0 Å². The Morgan fingerprint density at radius 3 is 2.46 bits per heavy atom. The van der Waals surface area contributed by atoms with Gasteiger partial charge in [0.2, 0.25) is 0 Å². The summed E-state index contributed by atoms with van der Waals surface area (Å²) in [5.74, 6) is -0.879. The molecule has 4 rings (SSSR count). The number of anilines is 1. The van der Waals surface area contributed by atoms with Crippen LogP contribution in [0.15, 0.2) is 85.5 Å². The monoisotopic (exact) mass is 499 g/mol. The summed E-state index contributed by atoms with van der Waals surface area (Å²) in [4.78, 5) is 29.3. The lowest BCUT2D eigenvalue weighted by atomic mass is 10.1. The van der Waals surface area contributed by atoms with Crippen LogP contribution in [0.4, 0.5) is 10.5 Å². The Balaban J connectivity index is 0.000000356. The fourth-order valence-corrected chi connectivity index (χ4v) is 3.61. The first-order valence-electron chi connectivity index (χ1n) is 12.1. The third kappa shape index (κ3) is 7.62. The van der Waals surface area contributed by atoms with Crippen LogP contribution in [0.25, 0.3) is 22.2 Å². The van der Waals surface area contributed by atoms with Crippen LogP contribution in [0.3, 0.4) is 0 Å². The van der Waals surface area contributed by atoms with Crippen LogP contribution in [0.2, 0.25) is 0 Å². The average molecular weight is 500 g/mol. The second-order valence-corrected chi connectivity index (χ2v) is 8.87. The van der Waals surface area contributed by atoms with Crippen LogP contribution in [0.1, 0.15) is 36.2 Å². The fourth-order valence-electron chi connectivity index (χ4n) is 3.61. The molecule has 2 aromatic rings. The van der Waals surface area contributed by atoms with Crippen LogP contribution < -0.4 is 5.32 Å². The van der Waals surface area contributed by atoms with Gasteiger partial charge in [-0.25, -0.2) is 14.6 Å². The highest BCUT2D eigenvalue weighted by atomic mass is 16.5. The molecule has 0 fully saturated rings. The number of carbonyl (C=O) groups is 2. The largest absolute Gasteiger partial charge is 0.478 e. The molecule has 0 unspecified atom stereocenters. The van der Waals surface area contributed by atoms with E-state index in [9.17, 15) is 9.59 Å². The normalized spacial score (nSPS) is 10.7. The number of rotatable bonds is 8. The van der Waals surface area contributed by atoms with Gasteiger partial charge in [0.05, 0.1) is 23.4 Å². The van der Waals surface area contributed by atoms with E-state index >= 15 is 0 Å². The Labute approximate surface area is 217 Å². The quantitative estimate of drug-likeness (QED) is 0.207. The van der Waals surface area contributed by atoms with Gasteiger partial charge in [-0.3, -0.25) is 10.2 Å². The van der Waals surface area contributed by atoms with E-state index in [-0.39, 0.29) is 0 Å². The number of hydrogen-bond acceptors (Lipinski definition) is 5. The van der Waals surface area contributed by atoms with Crippen LogP contribution in [-0.4, -0.2) is 46.7 Å². The lowest BCUT2D eigenvalue weighted by Gasteiger charge is -2.21. The van der Waals surface area contributed by atoms with E-state index in [2.05, 4.69) is 55.9 Å². The topological polar surface area (TPSA) is 91.8 Å². The second-order valence-electron chi connectivity index (χ2n) is 8.87. The van der Waals surface area contributed by atoms with Gasteiger partial charge in [-0.15, -0.1) is 6.58 Å². The van der Waals surface area contributed by atoms with Crippen LogP contribution in [0, 0.1) is 0 Å². The van der Waals surface area contributed by atoms with Crippen molar-refractivity contribution in [3.05, 3.63) is 96.6 Å². The van der Waals surface area contributed by atoms with Crippen molar-refractivity contribution in [3.63, 3.8) is 0 Å². The molecule has 2 aliphatic rings. The summed E-state index contributed by atoms with van der Waals surface area (Å²) in [6, 6.07) is 22.8. The molecule has 2 N–H and O–H groups in total. The van der Waals surface area contributed by atoms with Crippen molar-refractivity contribution in [2.75, 3.05) is 19.0 Å². The summed E-state index contributed by atoms with van der Waals surface area (Å²) in [6.45, 7) is 9.13. The molecule has 0 aromatic heterocycles. The minimum absolute atomic E-state index is 0.314. The molecular weight excluding hydrogens is 466 g/mol. The number of para-hydroxylation sites is 1. The van der Waals surface area contributed by atoms with Crippen molar-refractivity contribution >= 4 is 28.7 Å². The number of nitrogens with zero attached hydrogens (tertiary/aromatic N) is 2. The van der Waals surface area contributed by atoms with Gasteiger partial charge in [-0.05, 0) is 57.1 Å². The first-order valence-corrected chi connectivity index (χ1v) is 12.1. The molecule has 192 valence electrons. The molecule has 1 heterocycles. The van der Waals surface area contributed by atoms with Gasteiger partial charge in [0, 0.05) is 29.2 Å². The van der Waals surface area contributed by atoms with Gasteiger partial charge >= 0.3 is 12.1 Å². The minimum atomic E-state index is -0.879. The van der Waals surface area contributed by atoms with Gasteiger partial charge in [0.1, 0.15) is 0 Å². The summed E-state index contributed by atoms with van der Waals surface area (Å²) in [5, 5.41) is 12.3. The SMILES string of the molecule is C=CCCOC(=O)Nc1cccc2c3cccc(CN(C)C(C)C)c3nc-2c1.O=C(O)c1ccccc1. The van der Waals surface area contributed by atoms with Gasteiger partial charge in [0.25, 0.3) is 0 Å². The van der Waals surface area contributed by atoms with E-state index in [0.29, 0.717) is 30.3 Å². The Morgan fingerprint density at radius 2 is 1.81 bits per heavy atom. The maximum atomic E-state index is 11.9. The van der Waals surface area contributed by atoms with Crippen molar-refractivity contribution in [2.45, 2.75) is 32.9 Å². The zero-order chi connectivity index (χ0) is 26.8. The van der Waals surface area contributed by atoms with E-state index in [4.69, 9.17) is 14.8 Å². The van der Waals surface area contributed by atoms with E-state index in [1.54, 1.807) is 36.4 Å². The van der Waals surface area contributed by atoms with E-state index in [0.717, 1.165) is 28.7 Å². The number of nitrogens with one attached hydrogen (secondary N) is 1. The van der Waals surface area contributed by atoms with Crippen molar-refractivity contribution in [1.82, 2.24) is 9.88 Å². The molecule has 2 aromatic carbocycles. The fraction of sp³-hybridized carbons (Fsp3) is 0.233. The second kappa shape index (κ2) is 13.2. The zero-order valence-electron chi connectivity index (χ0n) is 21.5. The molecule has 37 heavy (non-hydrogen) atoms. The Morgan fingerprint density at radius 1 is 1.08 bits per heavy atom. The molecule has 1 amide bonds. The number of hydrogen-bond donors (Lipinski definition) is 2. The van der Waals surface area contributed by atoms with Gasteiger partial charge in [-0.2, -0.15) is 0 Å². The smallest absolute Gasteiger partial charge is 0.411 e. The molecule has 0 atom stereocenters. The highest BCUT2D eigenvalue weighted by molar-refractivity contribution is 5.99. The van der Waals surface area contributed by atoms with Crippen molar-refractivity contribution < 1.29 is 19.4 Å². The van der Waals surface area contributed by atoms with Gasteiger partial charge in [0.15, 0.2) is 0 Å². The third-order valence-electron chi connectivity index (χ3n) is 5.87. The number of amides is 1. The lowest BCUT2D eigenvalue weighted by molar-refractivity contribution is 0.0696. The number of benzene rings is 2.